The molecular formula is C17H22F2N2O2. The van der Waals surface area contributed by atoms with E-state index < -0.39 is 17.7 Å². The van der Waals surface area contributed by atoms with Crippen molar-refractivity contribution in [3.05, 3.63) is 47.5 Å². The summed E-state index contributed by atoms with van der Waals surface area (Å²) in [5.41, 5.74) is 1.09. The number of benzene rings is 1. The zero-order chi connectivity index (χ0) is 16.8. The Morgan fingerprint density at radius 1 is 1.30 bits per heavy atom. The lowest BCUT2D eigenvalue weighted by atomic mass is 10.0. The Balaban J connectivity index is 2.02. The summed E-state index contributed by atoms with van der Waals surface area (Å²) in [6, 6.07) is 2.68. The van der Waals surface area contributed by atoms with E-state index in [1.807, 2.05) is 0 Å². The minimum absolute atomic E-state index is 0.0493. The van der Waals surface area contributed by atoms with E-state index in [0.29, 0.717) is 24.4 Å². The van der Waals surface area contributed by atoms with Crippen molar-refractivity contribution in [2.75, 3.05) is 13.2 Å². The molecule has 2 unspecified atom stereocenters. The average Bonchev–Trinajstić information content (AvgIpc) is 2.76. The lowest BCUT2D eigenvalue weighted by Gasteiger charge is -2.22. The highest BCUT2D eigenvalue weighted by atomic mass is 19.2. The molecule has 1 saturated heterocycles. The molecule has 1 aliphatic rings. The van der Waals surface area contributed by atoms with Crippen LogP contribution in [0.2, 0.25) is 0 Å². The van der Waals surface area contributed by atoms with Crippen LogP contribution in [0.5, 0.6) is 0 Å². The van der Waals surface area contributed by atoms with Crippen LogP contribution in [0.4, 0.5) is 13.6 Å². The molecule has 2 rings (SSSR count). The maximum atomic E-state index is 13.4. The first-order valence-corrected chi connectivity index (χ1v) is 7.72. The van der Waals surface area contributed by atoms with Crippen LogP contribution in [0.25, 0.3) is 0 Å². The summed E-state index contributed by atoms with van der Waals surface area (Å²) in [4.78, 5) is 12.2. The molecule has 6 heteroatoms. The molecule has 0 saturated carbocycles. The van der Waals surface area contributed by atoms with Crippen LogP contribution in [0.15, 0.2) is 30.4 Å². The van der Waals surface area contributed by atoms with E-state index in [1.165, 1.54) is 6.07 Å². The molecule has 23 heavy (non-hydrogen) atoms. The summed E-state index contributed by atoms with van der Waals surface area (Å²) in [6.07, 6.45) is 2.52. The van der Waals surface area contributed by atoms with Crippen LogP contribution in [0.3, 0.4) is 0 Å². The number of nitrogens with one attached hydrogen (secondary N) is 2. The van der Waals surface area contributed by atoms with Gasteiger partial charge in [0.1, 0.15) is 0 Å². The van der Waals surface area contributed by atoms with Crippen molar-refractivity contribution in [1.82, 2.24) is 10.6 Å². The van der Waals surface area contributed by atoms with E-state index in [9.17, 15) is 13.6 Å². The summed E-state index contributed by atoms with van der Waals surface area (Å²) >= 11 is 0. The summed E-state index contributed by atoms with van der Waals surface area (Å²) in [6.45, 7) is 6.88. The number of carbonyl (C=O) groups is 1. The summed E-state index contributed by atoms with van der Waals surface area (Å²) in [5.74, 6) is -1.87. The molecule has 1 aromatic carbocycles. The molecule has 1 heterocycles. The van der Waals surface area contributed by atoms with E-state index >= 15 is 0 Å². The highest BCUT2D eigenvalue weighted by Gasteiger charge is 2.20. The highest BCUT2D eigenvalue weighted by Crippen LogP contribution is 2.22. The largest absolute Gasteiger partial charge is 0.381 e. The maximum absolute atomic E-state index is 13.4. The lowest BCUT2D eigenvalue weighted by Crippen LogP contribution is -2.43. The van der Waals surface area contributed by atoms with Gasteiger partial charge in [-0.25, -0.2) is 13.6 Å². The molecule has 1 aliphatic heterocycles. The maximum Gasteiger partial charge on any atom is 0.315 e. The first-order chi connectivity index (χ1) is 11.0. The summed E-state index contributed by atoms with van der Waals surface area (Å²) in [5, 5.41) is 5.67. The molecule has 0 radical (unpaired) electrons. The van der Waals surface area contributed by atoms with Gasteiger partial charge in [0.15, 0.2) is 11.6 Å². The predicted molar refractivity (Wildman–Crippen MR) is 84.0 cm³/mol. The fourth-order valence-electron chi connectivity index (χ4n) is 2.59. The van der Waals surface area contributed by atoms with Gasteiger partial charge in [-0.1, -0.05) is 18.2 Å². The molecule has 4 nitrogen and oxygen atoms in total. The molecule has 1 aromatic rings. The van der Waals surface area contributed by atoms with Gasteiger partial charge in [-0.3, -0.25) is 0 Å². The highest BCUT2D eigenvalue weighted by molar-refractivity contribution is 5.75. The van der Waals surface area contributed by atoms with Crippen LogP contribution < -0.4 is 10.6 Å². The number of hydrogen-bond acceptors (Lipinski definition) is 2. The fraction of sp³-hybridized carbons (Fsp3) is 0.471. The Hall–Kier alpha value is -1.95. The predicted octanol–water partition coefficient (Wildman–Crippen LogP) is 3.45. The summed E-state index contributed by atoms with van der Waals surface area (Å²) in [7, 11) is 0. The van der Waals surface area contributed by atoms with E-state index in [2.05, 4.69) is 17.2 Å². The van der Waals surface area contributed by atoms with Crippen LogP contribution >= 0.6 is 0 Å². The van der Waals surface area contributed by atoms with Crippen LogP contribution in [-0.2, 0) is 4.74 Å². The number of urea groups is 1. The van der Waals surface area contributed by atoms with Gasteiger partial charge in [0.25, 0.3) is 0 Å². The first kappa shape index (κ1) is 17.4. The number of rotatable bonds is 4. The number of amides is 2. The second kappa shape index (κ2) is 8.06. The van der Waals surface area contributed by atoms with Gasteiger partial charge < -0.3 is 15.4 Å². The van der Waals surface area contributed by atoms with Crippen molar-refractivity contribution in [2.24, 2.45) is 0 Å². The van der Waals surface area contributed by atoms with Crippen molar-refractivity contribution in [1.29, 1.82) is 0 Å². The van der Waals surface area contributed by atoms with Crippen LogP contribution in [0, 0.1) is 11.6 Å². The van der Waals surface area contributed by atoms with Gasteiger partial charge in [0.05, 0.1) is 6.04 Å². The van der Waals surface area contributed by atoms with E-state index in [4.69, 9.17) is 4.74 Å². The van der Waals surface area contributed by atoms with Gasteiger partial charge in [0, 0.05) is 19.3 Å². The van der Waals surface area contributed by atoms with Crippen molar-refractivity contribution in [2.45, 2.75) is 38.3 Å². The summed E-state index contributed by atoms with van der Waals surface area (Å²) < 4.78 is 31.8. The standard InChI is InChI=1S/C17H22F2N2O2/c1-11(2)16(12-5-6-14(18)15(19)10-12)21-17(22)20-13-4-3-8-23-9-7-13/h5-6,10,13,16H,1,3-4,7-9H2,2H3,(H2,20,21,22). The second-order valence-electron chi connectivity index (χ2n) is 5.81. The Morgan fingerprint density at radius 2 is 2.09 bits per heavy atom. The normalized spacial score (nSPS) is 19.5. The smallest absolute Gasteiger partial charge is 0.315 e. The molecule has 2 N–H and O–H groups in total. The van der Waals surface area contributed by atoms with Crippen molar-refractivity contribution in [3.8, 4) is 0 Å². The molecule has 2 atom stereocenters. The van der Waals surface area contributed by atoms with Crippen LogP contribution in [-0.4, -0.2) is 25.3 Å². The Labute approximate surface area is 134 Å². The molecule has 1 fully saturated rings. The van der Waals surface area contributed by atoms with Gasteiger partial charge >= 0.3 is 6.03 Å². The van der Waals surface area contributed by atoms with Gasteiger partial charge in [-0.15, -0.1) is 0 Å². The molecule has 0 spiro atoms. The minimum Gasteiger partial charge on any atom is -0.381 e. The monoisotopic (exact) mass is 324 g/mol. The van der Waals surface area contributed by atoms with Crippen molar-refractivity contribution in [3.63, 3.8) is 0 Å². The second-order valence-corrected chi connectivity index (χ2v) is 5.81. The first-order valence-electron chi connectivity index (χ1n) is 7.72. The van der Waals surface area contributed by atoms with E-state index in [1.54, 1.807) is 6.92 Å². The zero-order valence-corrected chi connectivity index (χ0v) is 13.2. The third-order valence-electron chi connectivity index (χ3n) is 3.83. The Bertz CT molecular complexity index is 570. The number of halogens is 2. The van der Waals surface area contributed by atoms with E-state index in [0.717, 1.165) is 31.4 Å². The fourth-order valence-corrected chi connectivity index (χ4v) is 2.59. The number of ether oxygens (including phenoxy) is 1. The molecule has 0 aromatic heterocycles. The van der Waals surface area contributed by atoms with Gasteiger partial charge in [-0.05, 0) is 43.9 Å². The van der Waals surface area contributed by atoms with Gasteiger partial charge in [-0.2, -0.15) is 0 Å². The van der Waals surface area contributed by atoms with E-state index in [-0.39, 0.29) is 12.1 Å². The zero-order valence-electron chi connectivity index (χ0n) is 13.2. The Morgan fingerprint density at radius 3 is 2.78 bits per heavy atom. The molecule has 0 aliphatic carbocycles. The number of carbonyl (C=O) groups excluding carboxylic acids is 1. The minimum atomic E-state index is -0.947. The van der Waals surface area contributed by atoms with Crippen LogP contribution in [0.1, 0.15) is 37.8 Å². The third kappa shape index (κ3) is 5.03. The molecule has 2 amide bonds. The number of hydrogen-bond donors (Lipinski definition) is 2. The third-order valence-corrected chi connectivity index (χ3v) is 3.83. The van der Waals surface area contributed by atoms with Gasteiger partial charge in [0.2, 0.25) is 0 Å². The lowest BCUT2D eigenvalue weighted by molar-refractivity contribution is 0.142. The Kier molecular flexibility index (Phi) is 6.10. The van der Waals surface area contributed by atoms with Crippen molar-refractivity contribution >= 4 is 6.03 Å². The quantitative estimate of drug-likeness (QED) is 0.834. The average molecular weight is 324 g/mol. The SMILES string of the molecule is C=C(C)C(NC(=O)NC1CCCOCC1)c1ccc(F)c(F)c1. The van der Waals surface area contributed by atoms with Crippen molar-refractivity contribution < 1.29 is 18.3 Å². The molecular weight excluding hydrogens is 302 g/mol. The topological polar surface area (TPSA) is 50.4 Å². The molecule has 126 valence electrons. The molecule has 0 bridgehead atoms.